The van der Waals surface area contributed by atoms with Crippen molar-refractivity contribution in [3.05, 3.63) is 22.6 Å². The molecule has 1 aromatic heterocycles. The number of rotatable bonds is 3. The Morgan fingerprint density at radius 3 is 3.00 bits per heavy atom. The second kappa shape index (κ2) is 4.65. The molecule has 1 aliphatic heterocycles. The van der Waals surface area contributed by atoms with Crippen LogP contribution < -0.4 is 10.5 Å². The van der Waals surface area contributed by atoms with E-state index in [9.17, 15) is 4.79 Å². The Kier molecular flexibility index (Phi) is 3.24. The number of ether oxygens (including phenoxy) is 1. The van der Waals surface area contributed by atoms with Crippen LogP contribution in [-0.2, 0) is 11.3 Å². The van der Waals surface area contributed by atoms with E-state index in [2.05, 4.69) is 5.10 Å². The minimum Gasteiger partial charge on any atom is -0.376 e. The summed E-state index contributed by atoms with van der Waals surface area (Å²) in [6, 6.07) is 1.60. The second-order valence-corrected chi connectivity index (χ2v) is 4.26. The molecule has 0 N–H and O–H groups in total. The molecular formula is C11H17N3O2. The molecule has 0 bridgehead atoms. The van der Waals surface area contributed by atoms with E-state index in [0.717, 1.165) is 25.1 Å². The number of hydrogen-bond donors (Lipinski definition) is 0. The van der Waals surface area contributed by atoms with E-state index in [1.807, 2.05) is 19.0 Å². The molecule has 1 aliphatic rings. The van der Waals surface area contributed by atoms with Crippen LogP contribution in [0.5, 0.6) is 0 Å². The van der Waals surface area contributed by atoms with Gasteiger partial charge in [-0.05, 0) is 12.8 Å². The maximum absolute atomic E-state index is 11.8. The summed E-state index contributed by atoms with van der Waals surface area (Å²) in [6.07, 6.45) is 3.95. The SMILES string of the molecule is CN(C)c1cnn(CC2CCCO2)c(=O)c1. The van der Waals surface area contributed by atoms with Crippen molar-refractivity contribution in [3.63, 3.8) is 0 Å². The topological polar surface area (TPSA) is 47.4 Å². The van der Waals surface area contributed by atoms with Crippen LogP contribution in [0.4, 0.5) is 5.69 Å². The van der Waals surface area contributed by atoms with E-state index in [1.54, 1.807) is 12.3 Å². The summed E-state index contributed by atoms with van der Waals surface area (Å²) in [5, 5.41) is 4.15. The summed E-state index contributed by atoms with van der Waals surface area (Å²) in [4.78, 5) is 13.6. The van der Waals surface area contributed by atoms with Gasteiger partial charge in [-0.15, -0.1) is 0 Å². The van der Waals surface area contributed by atoms with E-state index in [-0.39, 0.29) is 11.7 Å². The Hall–Kier alpha value is -1.36. The highest BCUT2D eigenvalue weighted by Crippen LogP contribution is 2.13. The lowest BCUT2D eigenvalue weighted by molar-refractivity contribution is 0.0927. The molecule has 1 atom stereocenters. The van der Waals surface area contributed by atoms with Crippen LogP contribution in [0, 0.1) is 0 Å². The molecule has 0 amide bonds. The largest absolute Gasteiger partial charge is 0.376 e. The molecule has 16 heavy (non-hydrogen) atoms. The molecule has 0 radical (unpaired) electrons. The fourth-order valence-corrected chi connectivity index (χ4v) is 1.79. The normalized spacial score (nSPS) is 20.0. The Labute approximate surface area is 94.6 Å². The van der Waals surface area contributed by atoms with Gasteiger partial charge < -0.3 is 9.64 Å². The van der Waals surface area contributed by atoms with Crippen LogP contribution in [0.15, 0.2) is 17.1 Å². The van der Waals surface area contributed by atoms with E-state index in [4.69, 9.17) is 4.74 Å². The highest BCUT2D eigenvalue weighted by Gasteiger charge is 2.17. The third kappa shape index (κ3) is 2.41. The third-order valence-corrected chi connectivity index (χ3v) is 2.77. The Morgan fingerprint density at radius 1 is 1.62 bits per heavy atom. The average molecular weight is 223 g/mol. The van der Waals surface area contributed by atoms with Gasteiger partial charge in [-0.3, -0.25) is 4.79 Å². The molecule has 1 saturated heterocycles. The van der Waals surface area contributed by atoms with Crippen LogP contribution in [0.25, 0.3) is 0 Å². The van der Waals surface area contributed by atoms with Crippen LogP contribution in [0.1, 0.15) is 12.8 Å². The highest BCUT2D eigenvalue weighted by molar-refractivity contribution is 5.40. The summed E-state index contributed by atoms with van der Waals surface area (Å²) in [6.45, 7) is 1.36. The molecular weight excluding hydrogens is 206 g/mol. The fourth-order valence-electron chi connectivity index (χ4n) is 1.79. The lowest BCUT2D eigenvalue weighted by Gasteiger charge is -2.14. The Morgan fingerprint density at radius 2 is 2.44 bits per heavy atom. The van der Waals surface area contributed by atoms with Crippen molar-refractivity contribution in [2.24, 2.45) is 0 Å². The van der Waals surface area contributed by atoms with Gasteiger partial charge in [-0.2, -0.15) is 5.10 Å². The third-order valence-electron chi connectivity index (χ3n) is 2.77. The van der Waals surface area contributed by atoms with Gasteiger partial charge in [0.05, 0.1) is 24.5 Å². The maximum atomic E-state index is 11.8. The number of hydrogen-bond acceptors (Lipinski definition) is 4. The van der Waals surface area contributed by atoms with E-state index in [1.165, 1.54) is 4.68 Å². The van der Waals surface area contributed by atoms with Crippen molar-refractivity contribution in [3.8, 4) is 0 Å². The molecule has 5 nitrogen and oxygen atoms in total. The first kappa shape index (κ1) is 11.1. The smallest absolute Gasteiger partial charge is 0.268 e. The van der Waals surface area contributed by atoms with Crippen molar-refractivity contribution in [1.29, 1.82) is 0 Å². The van der Waals surface area contributed by atoms with Crippen LogP contribution in [0.3, 0.4) is 0 Å². The van der Waals surface area contributed by atoms with Gasteiger partial charge in [0.15, 0.2) is 0 Å². The first-order valence-corrected chi connectivity index (χ1v) is 5.53. The Balaban J connectivity index is 2.13. The molecule has 5 heteroatoms. The number of anilines is 1. The van der Waals surface area contributed by atoms with Crippen LogP contribution in [-0.4, -0.2) is 36.6 Å². The van der Waals surface area contributed by atoms with Crippen molar-refractivity contribution < 1.29 is 4.74 Å². The molecule has 1 aromatic rings. The molecule has 0 saturated carbocycles. The molecule has 2 heterocycles. The zero-order valence-corrected chi connectivity index (χ0v) is 9.72. The quantitative estimate of drug-likeness (QED) is 0.748. The molecule has 0 spiro atoms. The van der Waals surface area contributed by atoms with Crippen LogP contribution in [0.2, 0.25) is 0 Å². The zero-order chi connectivity index (χ0) is 11.5. The van der Waals surface area contributed by atoms with Gasteiger partial charge in [0.25, 0.3) is 5.56 Å². The summed E-state index contributed by atoms with van der Waals surface area (Å²) >= 11 is 0. The number of aromatic nitrogens is 2. The molecule has 0 aromatic carbocycles. The maximum Gasteiger partial charge on any atom is 0.268 e. The van der Waals surface area contributed by atoms with Crippen molar-refractivity contribution in [2.45, 2.75) is 25.5 Å². The summed E-state index contributed by atoms with van der Waals surface area (Å²) < 4.78 is 6.95. The van der Waals surface area contributed by atoms with E-state index >= 15 is 0 Å². The van der Waals surface area contributed by atoms with E-state index < -0.39 is 0 Å². The van der Waals surface area contributed by atoms with Gasteiger partial charge >= 0.3 is 0 Å². The van der Waals surface area contributed by atoms with Gasteiger partial charge in [0.1, 0.15) is 0 Å². The molecule has 0 aliphatic carbocycles. The van der Waals surface area contributed by atoms with Gasteiger partial charge in [0.2, 0.25) is 0 Å². The molecule has 2 rings (SSSR count). The van der Waals surface area contributed by atoms with Gasteiger partial charge in [-0.1, -0.05) is 0 Å². The molecule has 88 valence electrons. The summed E-state index contributed by atoms with van der Waals surface area (Å²) in [7, 11) is 3.78. The van der Waals surface area contributed by atoms with Gasteiger partial charge in [0, 0.05) is 26.8 Å². The molecule has 1 unspecified atom stereocenters. The lowest BCUT2D eigenvalue weighted by Crippen LogP contribution is -2.29. The molecule has 1 fully saturated rings. The first-order chi connectivity index (χ1) is 7.66. The van der Waals surface area contributed by atoms with Crippen molar-refractivity contribution >= 4 is 5.69 Å². The van der Waals surface area contributed by atoms with Gasteiger partial charge in [-0.25, -0.2) is 4.68 Å². The lowest BCUT2D eigenvalue weighted by atomic mass is 10.2. The highest BCUT2D eigenvalue weighted by atomic mass is 16.5. The average Bonchev–Trinajstić information content (AvgIpc) is 2.73. The minimum atomic E-state index is -0.0679. The predicted octanol–water partition coefficient (Wildman–Crippen LogP) is 0.488. The number of nitrogens with zero attached hydrogens (tertiary/aromatic N) is 3. The first-order valence-electron chi connectivity index (χ1n) is 5.53. The Bertz CT molecular complexity index is 408. The standard InChI is InChI=1S/C11H17N3O2/c1-13(2)9-6-11(15)14(12-7-9)8-10-4-3-5-16-10/h6-7,10H,3-5,8H2,1-2H3. The van der Waals surface area contributed by atoms with Crippen molar-refractivity contribution in [2.75, 3.05) is 25.6 Å². The zero-order valence-electron chi connectivity index (χ0n) is 9.72. The fraction of sp³-hybridized carbons (Fsp3) is 0.636. The summed E-state index contributed by atoms with van der Waals surface area (Å²) in [5.74, 6) is 0. The summed E-state index contributed by atoms with van der Waals surface area (Å²) in [5.41, 5.74) is 0.760. The van der Waals surface area contributed by atoms with Crippen LogP contribution >= 0.6 is 0 Å². The second-order valence-electron chi connectivity index (χ2n) is 4.26. The monoisotopic (exact) mass is 223 g/mol. The van der Waals surface area contributed by atoms with Crippen molar-refractivity contribution in [1.82, 2.24) is 9.78 Å². The van der Waals surface area contributed by atoms with E-state index in [0.29, 0.717) is 6.54 Å². The predicted molar refractivity (Wildman–Crippen MR) is 61.8 cm³/mol. The minimum absolute atomic E-state index is 0.0679.